The first-order chi connectivity index (χ1) is 10.2. The molecule has 2 atom stereocenters. The van der Waals surface area contributed by atoms with E-state index in [2.05, 4.69) is 45.2 Å². The number of methoxy groups -OCH3 is 1. The highest BCUT2D eigenvalue weighted by Crippen LogP contribution is 2.34. The van der Waals surface area contributed by atoms with Crippen LogP contribution in [0.3, 0.4) is 0 Å². The van der Waals surface area contributed by atoms with Crippen LogP contribution in [-0.4, -0.2) is 37.2 Å². The second-order valence-corrected chi connectivity index (χ2v) is 7.34. The van der Waals surface area contributed by atoms with Gasteiger partial charge in [-0.05, 0) is 56.8 Å². The minimum atomic E-state index is 0.616. The first-order valence-corrected chi connectivity index (χ1v) is 8.76. The van der Waals surface area contributed by atoms with E-state index in [0.717, 1.165) is 35.8 Å². The molecule has 3 rings (SSSR count). The Balaban J connectivity index is 1.76. The van der Waals surface area contributed by atoms with Crippen molar-refractivity contribution in [3.8, 4) is 5.75 Å². The molecule has 2 unspecified atom stereocenters. The molecule has 1 N–H and O–H groups in total. The average molecular weight is 353 g/mol. The van der Waals surface area contributed by atoms with Gasteiger partial charge in [0.2, 0.25) is 0 Å². The molecule has 1 saturated carbocycles. The summed E-state index contributed by atoms with van der Waals surface area (Å²) in [5.74, 6) is 1.90. The molecule has 0 amide bonds. The van der Waals surface area contributed by atoms with Gasteiger partial charge >= 0.3 is 0 Å². The van der Waals surface area contributed by atoms with Crippen LogP contribution in [0.2, 0.25) is 0 Å². The predicted octanol–water partition coefficient (Wildman–Crippen LogP) is 3.42. The summed E-state index contributed by atoms with van der Waals surface area (Å²) in [6, 6.07) is 7.58. The fourth-order valence-electron chi connectivity index (χ4n) is 3.28. The van der Waals surface area contributed by atoms with E-state index in [-0.39, 0.29) is 0 Å². The molecule has 1 saturated heterocycles. The van der Waals surface area contributed by atoms with E-state index >= 15 is 0 Å². The highest BCUT2D eigenvalue weighted by molar-refractivity contribution is 9.10. The van der Waals surface area contributed by atoms with Crippen LogP contribution in [0.15, 0.2) is 22.7 Å². The van der Waals surface area contributed by atoms with Crippen LogP contribution < -0.4 is 10.1 Å². The first kappa shape index (κ1) is 15.3. The molecule has 2 fully saturated rings. The normalized spacial score (nSPS) is 27.4. The molecule has 3 nitrogen and oxygen atoms in total. The molecule has 1 aliphatic carbocycles. The van der Waals surface area contributed by atoms with E-state index in [4.69, 9.17) is 4.74 Å². The molecule has 1 heterocycles. The van der Waals surface area contributed by atoms with Gasteiger partial charge in [0, 0.05) is 35.2 Å². The van der Waals surface area contributed by atoms with Gasteiger partial charge in [0.25, 0.3) is 0 Å². The standard InChI is InChI=1S/C17H25BrN2O/c1-12-7-8-19-16(13-3-4-13)11-20(12)10-14-9-15(18)5-6-17(14)21-2/h5-6,9,12-13,16,19H,3-4,7-8,10-11H2,1-2H3. The monoisotopic (exact) mass is 352 g/mol. The maximum atomic E-state index is 5.53. The maximum absolute atomic E-state index is 5.53. The van der Waals surface area contributed by atoms with Crippen LogP contribution >= 0.6 is 15.9 Å². The third-order valence-electron chi connectivity index (χ3n) is 4.83. The molecule has 0 spiro atoms. The highest BCUT2D eigenvalue weighted by atomic mass is 79.9. The molecule has 0 bridgehead atoms. The fourth-order valence-corrected chi connectivity index (χ4v) is 3.69. The van der Waals surface area contributed by atoms with Crippen molar-refractivity contribution in [2.24, 2.45) is 5.92 Å². The summed E-state index contributed by atoms with van der Waals surface area (Å²) >= 11 is 3.58. The van der Waals surface area contributed by atoms with E-state index in [0.29, 0.717) is 12.1 Å². The van der Waals surface area contributed by atoms with Crippen LogP contribution in [0.5, 0.6) is 5.75 Å². The van der Waals surface area contributed by atoms with Gasteiger partial charge in [0.1, 0.15) is 5.75 Å². The van der Waals surface area contributed by atoms with Crippen molar-refractivity contribution in [2.45, 2.75) is 44.8 Å². The van der Waals surface area contributed by atoms with Crippen molar-refractivity contribution in [2.75, 3.05) is 20.2 Å². The molecular weight excluding hydrogens is 328 g/mol. The zero-order chi connectivity index (χ0) is 14.8. The fraction of sp³-hybridized carbons (Fsp3) is 0.647. The van der Waals surface area contributed by atoms with Crippen molar-refractivity contribution < 1.29 is 4.74 Å². The molecule has 1 aliphatic heterocycles. The molecule has 116 valence electrons. The number of rotatable bonds is 4. The highest BCUT2D eigenvalue weighted by Gasteiger charge is 2.34. The minimum absolute atomic E-state index is 0.616. The summed E-state index contributed by atoms with van der Waals surface area (Å²) < 4.78 is 6.65. The van der Waals surface area contributed by atoms with Gasteiger partial charge in [-0.25, -0.2) is 0 Å². The van der Waals surface area contributed by atoms with Crippen LogP contribution in [-0.2, 0) is 6.54 Å². The Labute approximate surface area is 136 Å². The summed E-state index contributed by atoms with van der Waals surface area (Å²) in [5.41, 5.74) is 1.27. The van der Waals surface area contributed by atoms with Gasteiger partial charge < -0.3 is 10.1 Å². The third-order valence-corrected chi connectivity index (χ3v) is 5.32. The summed E-state index contributed by atoms with van der Waals surface area (Å²) in [5, 5.41) is 3.75. The molecular formula is C17H25BrN2O. The van der Waals surface area contributed by atoms with Crippen molar-refractivity contribution in [3.05, 3.63) is 28.2 Å². The molecule has 1 aromatic carbocycles. The van der Waals surface area contributed by atoms with E-state index in [1.54, 1.807) is 7.11 Å². The second-order valence-electron chi connectivity index (χ2n) is 6.42. The van der Waals surface area contributed by atoms with E-state index in [1.165, 1.54) is 24.8 Å². The molecule has 21 heavy (non-hydrogen) atoms. The lowest BCUT2D eigenvalue weighted by atomic mass is 10.1. The molecule has 0 radical (unpaired) electrons. The summed E-state index contributed by atoms with van der Waals surface area (Å²) in [7, 11) is 1.76. The van der Waals surface area contributed by atoms with Crippen LogP contribution in [0.1, 0.15) is 31.7 Å². The van der Waals surface area contributed by atoms with Crippen molar-refractivity contribution in [1.82, 2.24) is 10.2 Å². The smallest absolute Gasteiger partial charge is 0.123 e. The van der Waals surface area contributed by atoms with E-state index in [1.807, 2.05) is 6.07 Å². The second kappa shape index (κ2) is 6.67. The number of nitrogens with zero attached hydrogens (tertiary/aromatic N) is 1. The summed E-state index contributed by atoms with van der Waals surface area (Å²) in [6.45, 7) is 5.62. The van der Waals surface area contributed by atoms with Gasteiger partial charge in [-0.2, -0.15) is 0 Å². The van der Waals surface area contributed by atoms with Crippen LogP contribution in [0, 0.1) is 5.92 Å². The van der Waals surface area contributed by atoms with Gasteiger partial charge in [0.05, 0.1) is 7.11 Å². The first-order valence-electron chi connectivity index (χ1n) is 7.97. The maximum Gasteiger partial charge on any atom is 0.123 e. The number of nitrogens with one attached hydrogen (secondary N) is 1. The lowest BCUT2D eigenvalue weighted by Gasteiger charge is -2.29. The summed E-state index contributed by atoms with van der Waals surface area (Å²) in [4.78, 5) is 2.62. The Kier molecular flexibility index (Phi) is 4.87. The number of hydrogen-bond donors (Lipinski definition) is 1. The third kappa shape index (κ3) is 3.79. The Morgan fingerprint density at radius 3 is 2.86 bits per heavy atom. The topological polar surface area (TPSA) is 24.5 Å². The lowest BCUT2D eigenvalue weighted by Crippen LogP contribution is -2.41. The molecule has 2 aliphatic rings. The van der Waals surface area contributed by atoms with Crippen LogP contribution in [0.4, 0.5) is 0 Å². The van der Waals surface area contributed by atoms with Gasteiger partial charge in [-0.15, -0.1) is 0 Å². The van der Waals surface area contributed by atoms with Crippen molar-refractivity contribution in [1.29, 1.82) is 0 Å². The lowest BCUT2D eigenvalue weighted by molar-refractivity contribution is 0.188. The number of halogens is 1. The zero-order valence-corrected chi connectivity index (χ0v) is 14.5. The van der Waals surface area contributed by atoms with Crippen molar-refractivity contribution >= 4 is 15.9 Å². The zero-order valence-electron chi connectivity index (χ0n) is 12.9. The van der Waals surface area contributed by atoms with Gasteiger partial charge in [-0.1, -0.05) is 15.9 Å². The Morgan fingerprint density at radius 2 is 2.14 bits per heavy atom. The average Bonchev–Trinajstić information content (AvgIpc) is 3.29. The molecule has 0 aromatic heterocycles. The Hall–Kier alpha value is -0.580. The molecule has 1 aromatic rings. The Bertz CT molecular complexity index is 490. The minimum Gasteiger partial charge on any atom is -0.496 e. The van der Waals surface area contributed by atoms with Gasteiger partial charge in [0.15, 0.2) is 0 Å². The molecule has 4 heteroatoms. The van der Waals surface area contributed by atoms with Gasteiger partial charge in [-0.3, -0.25) is 4.90 Å². The largest absolute Gasteiger partial charge is 0.496 e. The number of benzene rings is 1. The van der Waals surface area contributed by atoms with E-state index < -0.39 is 0 Å². The Morgan fingerprint density at radius 1 is 1.33 bits per heavy atom. The SMILES string of the molecule is COc1ccc(Br)cc1CN1CC(C2CC2)NCCC1C. The predicted molar refractivity (Wildman–Crippen MR) is 89.7 cm³/mol. The number of ether oxygens (including phenoxy) is 1. The van der Waals surface area contributed by atoms with E-state index in [9.17, 15) is 0 Å². The number of hydrogen-bond acceptors (Lipinski definition) is 3. The van der Waals surface area contributed by atoms with Crippen molar-refractivity contribution in [3.63, 3.8) is 0 Å². The summed E-state index contributed by atoms with van der Waals surface area (Å²) in [6.07, 6.45) is 4.03. The quantitative estimate of drug-likeness (QED) is 0.898. The van der Waals surface area contributed by atoms with Crippen LogP contribution in [0.25, 0.3) is 0 Å².